The van der Waals surface area contributed by atoms with Crippen LogP contribution >= 0.6 is 0 Å². The maximum atomic E-state index is 6.70. The second-order valence-corrected chi connectivity index (χ2v) is 15.4. The Labute approximate surface area is 315 Å². The Hall–Kier alpha value is -6.58. The number of fused-ring (bicyclic) bond motifs is 9. The van der Waals surface area contributed by atoms with Crippen LogP contribution in [0.25, 0.3) is 61.1 Å². The van der Waals surface area contributed by atoms with Crippen LogP contribution in [0.1, 0.15) is 36.6 Å². The molecule has 1 atom stereocenters. The summed E-state index contributed by atoms with van der Waals surface area (Å²) >= 11 is 0. The Morgan fingerprint density at radius 1 is 0.556 bits per heavy atom. The zero-order chi connectivity index (χ0) is 36.0. The van der Waals surface area contributed by atoms with Gasteiger partial charge in [-0.15, -0.1) is 0 Å². The highest BCUT2D eigenvalue weighted by Crippen LogP contribution is 2.58. The van der Waals surface area contributed by atoms with Crippen molar-refractivity contribution in [2.24, 2.45) is 0 Å². The summed E-state index contributed by atoms with van der Waals surface area (Å²) in [5.41, 5.74) is 16.9. The highest BCUT2D eigenvalue weighted by molar-refractivity contribution is 6.03. The van der Waals surface area contributed by atoms with Crippen LogP contribution < -0.4 is 4.90 Å². The van der Waals surface area contributed by atoms with E-state index < -0.39 is 0 Å². The molecule has 7 aromatic carbocycles. The summed E-state index contributed by atoms with van der Waals surface area (Å²) in [6.07, 6.45) is 0.933. The first kappa shape index (κ1) is 31.0. The number of benzene rings is 7. The lowest BCUT2D eigenvalue weighted by atomic mass is 9.64. The molecule has 0 radical (unpaired) electrons. The van der Waals surface area contributed by atoms with Crippen molar-refractivity contribution in [3.05, 3.63) is 193 Å². The van der Waals surface area contributed by atoms with E-state index in [4.69, 9.17) is 4.42 Å². The number of furan rings is 1. The van der Waals surface area contributed by atoms with Gasteiger partial charge in [-0.05, 0) is 88.8 Å². The molecule has 0 bridgehead atoms. The minimum Gasteiger partial charge on any atom is -0.456 e. The van der Waals surface area contributed by atoms with Crippen molar-refractivity contribution in [2.45, 2.75) is 31.6 Å². The highest BCUT2D eigenvalue weighted by Gasteiger charge is 2.47. The van der Waals surface area contributed by atoms with E-state index in [0.717, 1.165) is 34.8 Å². The molecular weight excluding hydrogens is 657 g/mol. The van der Waals surface area contributed by atoms with E-state index in [-0.39, 0.29) is 11.3 Å². The fourth-order valence-electron chi connectivity index (χ4n) is 9.36. The molecule has 0 fully saturated rings. The number of nitrogens with zero attached hydrogens (tertiary/aromatic N) is 2. The van der Waals surface area contributed by atoms with E-state index in [2.05, 4.69) is 199 Å². The van der Waals surface area contributed by atoms with Crippen LogP contribution in [0.5, 0.6) is 0 Å². The maximum Gasteiger partial charge on any atom is 0.141 e. The molecule has 3 heterocycles. The van der Waals surface area contributed by atoms with E-state index >= 15 is 0 Å². The Morgan fingerprint density at radius 3 is 1.83 bits per heavy atom. The van der Waals surface area contributed by atoms with Gasteiger partial charge in [-0.3, -0.25) is 0 Å². The molecule has 0 spiro atoms. The number of anilines is 3. The van der Waals surface area contributed by atoms with Crippen molar-refractivity contribution in [1.29, 1.82) is 0 Å². The van der Waals surface area contributed by atoms with Crippen LogP contribution in [0.2, 0.25) is 0 Å². The van der Waals surface area contributed by atoms with Gasteiger partial charge in [0.1, 0.15) is 11.3 Å². The van der Waals surface area contributed by atoms with E-state index in [1.165, 1.54) is 66.6 Å². The maximum absolute atomic E-state index is 6.70. The van der Waals surface area contributed by atoms with E-state index in [1.807, 2.05) is 0 Å². The van der Waals surface area contributed by atoms with Gasteiger partial charge in [0.15, 0.2) is 0 Å². The second-order valence-electron chi connectivity index (χ2n) is 15.4. The lowest BCUT2D eigenvalue weighted by Crippen LogP contribution is -2.37. The van der Waals surface area contributed by atoms with Crippen LogP contribution in [0.3, 0.4) is 0 Å². The number of para-hydroxylation sites is 3. The van der Waals surface area contributed by atoms with Gasteiger partial charge in [0.25, 0.3) is 0 Å². The van der Waals surface area contributed by atoms with Gasteiger partial charge in [-0.25, -0.2) is 0 Å². The van der Waals surface area contributed by atoms with Crippen LogP contribution in [-0.4, -0.2) is 4.57 Å². The zero-order valence-electron chi connectivity index (χ0n) is 30.3. The SMILES string of the molecule is CC1(C)c2cc(N(c3ccccc3)c3ccc(-c4ccc(-c5ccccc5)cc4)cc3)ccc2-n2c3c(c4ccccc42)-c2oc4ccccc4c2CC31. The topological polar surface area (TPSA) is 21.3 Å². The standard InChI is InChI=1S/C51H38N2O/c1-51(2)43-31-39(52(37-15-7-4-8-16-37)38-27-25-36(26-28-38)35-23-21-34(22-24-35)33-13-5-3-6-14-33)29-30-46(43)53-45-19-11-9-18-41(45)48-49(53)44(51)32-42-40-17-10-12-20-47(40)54-50(42)48/h3-31,44H,32H2,1-2H3. The molecule has 0 amide bonds. The monoisotopic (exact) mass is 694 g/mol. The molecule has 2 aromatic heterocycles. The van der Waals surface area contributed by atoms with Gasteiger partial charge in [-0.1, -0.05) is 135 Å². The molecule has 11 rings (SSSR count). The summed E-state index contributed by atoms with van der Waals surface area (Å²) in [6.45, 7) is 4.90. The Kier molecular flexibility index (Phi) is 6.72. The van der Waals surface area contributed by atoms with Crippen molar-refractivity contribution in [1.82, 2.24) is 4.57 Å². The van der Waals surface area contributed by atoms with Crippen LogP contribution in [0.4, 0.5) is 17.1 Å². The van der Waals surface area contributed by atoms with Gasteiger partial charge in [-0.2, -0.15) is 0 Å². The summed E-state index contributed by atoms with van der Waals surface area (Å²) in [5, 5.41) is 2.49. The Morgan fingerprint density at radius 2 is 1.11 bits per heavy atom. The number of hydrogen-bond acceptors (Lipinski definition) is 2. The average Bonchev–Trinajstić information content (AvgIpc) is 3.78. The molecule has 1 unspecified atom stereocenters. The van der Waals surface area contributed by atoms with Gasteiger partial charge in [0.2, 0.25) is 0 Å². The van der Waals surface area contributed by atoms with Crippen molar-refractivity contribution in [3.63, 3.8) is 0 Å². The lowest BCUT2D eigenvalue weighted by molar-refractivity contribution is 0.378. The predicted octanol–water partition coefficient (Wildman–Crippen LogP) is 13.8. The number of aromatic nitrogens is 1. The van der Waals surface area contributed by atoms with Gasteiger partial charge in [0.05, 0.1) is 5.52 Å². The van der Waals surface area contributed by atoms with Crippen LogP contribution in [0, 0.1) is 0 Å². The largest absolute Gasteiger partial charge is 0.456 e. The quantitative estimate of drug-likeness (QED) is 0.179. The summed E-state index contributed by atoms with van der Waals surface area (Å²) in [7, 11) is 0. The molecular formula is C51H38N2O. The van der Waals surface area contributed by atoms with E-state index in [1.54, 1.807) is 0 Å². The fourth-order valence-corrected chi connectivity index (χ4v) is 9.36. The molecule has 1 aliphatic heterocycles. The lowest BCUT2D eigenvalue weighted by Gasteiger charge is -2.44. The van der Waals surface area contributed by atoms with E-state index in [0.29, 0.717) is 0 Å². The summed E-state index contributed by atoms with van der Waals surface area (Å²) in [5.74, 6) is 1.31. The molecule has 54 heavy (non-hydrogen) atoms. The molecule has 0 saturated carbocycles. The minimum atomic E-state index is -0.154. The second kappa shape index (κ2) is 11.7. The number of hydrogen-bond donors (Lipinski definition) is 0. The molecule has 0 N–H and O–H groups in total. The normalized spacial score (nSPS) is 15.1. The van der Waals surface area contributed by atoms with Gasteiger partial charge in [0, 0.05) is 61.7 Å². The molecule has 3 heteroatoms. The van der Waals surface area contributed by atoms with E-state index in [9.17, 15) is 0 Å². The van der Waals surface area contributed by atoms with Crippen molar-refractivity contribution >= 4 is 38.9 Å². The van der Waals surface area contributed by atoms with Crippen molar-refractivity contribution in [3.8, 4) is 39.3 Å². The Balaban J connectivity index is 1.04. The smallest absolute Gasteiger partial charge is 0.141 e. The highest BCUT2D eigenvalue weighted by atomic mass is 16.3. The predicted molar refractivity (Wildman–Crippen MR) is 224 cm³/mol. The van der Waals surface area contributed by atoms with Crippen molar-refractivity contribution in [2.75, 3.05) is 4.90 Å². The summed E-state index contributed by atoms with van der Waals surface area (Å²) in [4.78, 5) is 2.40. The molecule has 3 nitrogen and oxygen atoms in total. The average molecular weight is 695 g/mol. The zero-order valence-corrected chi connectivity index (χ0v) is 30.3. The van der Waals surface area contributed by atoms with Gasteiger partial charge >= 0.3 is 0 Å². The van der Waals surface area contributed by atoms with Crippen LogP contribution in [-0.2, 0) is 11.8 Å². The molecule has 2 aliphatic rings. The van der Waals surface area contributed by atoms with Crippen LogP contribution in [0.15, 0.2) is 180 Å². The first-order valence-electron chi connectivity index (χ1n) is 18.9. The summed E-state index contributed by atoms with van der Waals surface area (Å²) < 4.78 is 9.24. The van der Waals surface area contributed by atoms with Gasteiger partial charge < -0.3 is 13.9 Å². The van der Waals surface area contributed by atoms with Crippen molar-refractivity contribution < 1.29 is 4.42 Å². The first-order valence-corrected chi connectivity index (χ1v) is 18.9. The molecule has 9 aromatic rings. The molecule has 0 saturated heterocycles. The third-order valence-electron chi connectivity index (χ3n) is 12.1. The first-order chi connectivity index (χ1) is 26.5. The minimum absolute atomic E-state index is 0.154. The summed E-state index contributed by atoms with van der Waals surface area (Å²) in [6, 6.07) is 63.7. The number of rotatable bonds is 5. The molecule has 258 valence electrons. The molecule has 1 aliphatic carbocycles. The third kappa shape index (κ3) is 4.55. The third-order valence-corrected chi connectivity index (χ3v) is 12.1. The Bertz CT molecular complexity index is 2860. The fraction of sp³-hybridized carbons (Fsp3) is 0.0980.